The van der Waals surface area contributed by atoms with Crippen LogP contribution in [0, 0.1) is 6.92 Å². The number of aryl methyl sites for hydroxylation is 1. The summed E-state index contributed by atoms with van der Waals surface area (Å²) in [4.78, 5) is 14.6. The molecule has 0 aliphatic carbocycles. The van der Waals surface area contributed by atoms with Gasteiger partial charge in [0.1, 0.15) is 0 Å². The van der Waals surface area contributed by atoms with Crippen molar-refractivity contribution in [2.75, 3.05) is 11.4 Å². The van der Waals surface area contributed by atoms with E-state index in [-0.39, 0.29) is 11.2 Å². The molecule has 26 heavy (non-hydrogen) atoms. The first-order valence-electron chi connectivity index (χ1n) is 8.21. The number of aromatic nitrogens is 4. The van der Waals surface area contributed by atoms with E-state index >= 15 is 0 Å². The Morgan fingerprint density at radius 3 is 2.85 bits per heavy atom. The van der Waals surface area contributed by atoms with Crippen molar-refractivity contribution < 1.29 is 4.79 Å². The molecule has 1 saturated heterocycles. The smallest absolute Gasteiger partial charge is 0.240 e. The van der Waals surface area contributed by atoms with E-state index in [0.29, 0.717) is 16.7 Å². The lowest BCUT2D eigenvalue weighted by Gasteiger charge is -2.17. The molecule has 1 aliphatic heterocycles. The molecule has 0 N–H and O–H groups in total. The number of rotatable bonds is 4. The van der Waals surface area contributed by atoms with Gasteiger partial charge >= 0.3 is 0 Å². The maximum atomic E-state index is 12.9. The molecule has 4 rings (SSSR count). The highest BCUT2D eigenvalue weighted by atomic mass is 35.5. The fraction of sp³-hybridized carbons (Fsp3) is 0.222. The van der Waals surface area contributed by atoms with Crippen LogP contribution in [0.4, 0.5) is 5.69 Å². The summed E-state index contributed by atoms with van der Waals surface area (Å²) in [6, 6.07) is 15.3. The van der Waals surface area contributed by atoms with Gasteiger partial charge < -0.3 is 4.90 Å². The summed E-state index contributed by atoms with van der Waals surface area (Å²) < 4.78 is 1.67. The Morgan fingerprint density at radius 1 is 1.19 bits per heavy atom. The van der Waals surface area contributed by atoms with E-state index in [4.69, 9.17) is 11.6 Å². The third-order valence-corrected chi connectivity index (χ3v) is 5.74. The van der Waals surface area contributed by atoms with E-state index in [2.05, 4.69) is 15.5 Å². The van der Waals surface area contributed by atoms with Crippen LogP contribution in [0.5, 0.6) is 0 Å². The molecule has 3 aromatic rings. The second-order valence-electron chi connectivity index (χ2n) is 6.05. The summed E-state index contributed by atoms with van der Waals surface area (Å²) in [6.07, 6.45) is 0.718. The molecular formula is C18H16ClN5OS. The van der Waals surface area contributed by atoms with Gasteiger partial charge in [0.15, 0.2) is 0 Å². The van der Waals surface area contributed by atoms with Crippen LogP contribution in [-0.4, -0.2) is 37.9 Å². The van der Waals surface area contributed by atoms with Gasteiger partial charge in [-0.05, 0) is 53.6 Å². The number of halogens is 1. The molecule has 0 bridgehead atoms. The third kappa shape index (κ3) is 3.20. The number of benzene rings is 2. The monoisotopic (exact) mass is 385 g/mol. The largest absolute Gasteiger partial charge is 0.310 e. The summed E-state index contributed by atoms with van der Waals surface area (Å²) in [5.74, 6) is 0.0295. The van der Waals surface area contributed by atoms with Crippen LogP contribution in [0.1, 0.15) is 12.0 Å². The molecule has 1 aliphatic rings. The number of carbonyl (C=O) groups excluding carboxylic acids is 1. The van der Waals surface area contributed by atoms with Crippen molar-refractivity contribution in [3.63, 3.8) is 0 Å². The number of tetrazole rings is 1. The Kier molecular flexibility index (Phi) is 4.65. The van der Waals surface area contributed by atoms with E-state index in [1.165, 1.54) is 11.8 Å². The van der Waals surface area contributed by atoms with Crippen molar-refractivity contribution in [3.05, 3.63) is 59.1 Å². The molecule has 8 heteroatoms. The van der Waals surface area contributed by atoms with Crippen molar-refractivity contribution in [2.24, 2.45) is 0 Å². The molecule has 0 radical (unpaired) electrons. The van der Waals surface area contributed by atoms with E-state index in [9.17, 15) is 4.79 Å². The Labute approximate surface area is 160 Å². The SMILES string of the molecule is Cc1cccc(-n2nnnc2SC2CCN(c3ccccc3Cl)C2=O)c1. The maximum Gasteiger partial charge on any atom is 0.240 e. The summed E-state index contributed by atoms with van der Waals surface area (Å²) >= 11 is 7.63. The Hall–Kier alpha value is -2.38. The third-order valence-electron chi connectivity index (χ3n) is 4.23. The van der Waals surface area contributed by atoms with Gasteiger partial charge in [-0.1, -0.05) is 47.6 Å². The van der Waals surface area contributed by atoms with Crippen molar-refractivity contribution in [1.29, 1.82) is 0 Å². The number of hydrogen-bond donors (Lipinski definition) is 0. The summed E-state index contributed by atoms with van der Waals surface area (Å²) in [5.41, 5.74) is 2.75. The molecule has 1 aromatic heterocycles. The average molecular weight is 386 g/mol. The zero-order valence-corrected chi connectivity index (χ0v) is 15.6. The van der Waals surface area contributed by atoms with Crippen LogP contribution < -0.4 is 4.90 Å². The molecule has 1 atom stereocenters. The van der Waals surface area contributed by atoms with Crippen LogP contribution in [-0.2, 0) is 4.79 Å². The predicted octanol–water partition coefficient (Wildman–Crippen LogP) is 3.52. The van der Waals surface area contributed by atoms with E-state index in [1.54, 1.807) is 15.6 Å². The molecule has 6 nitrogen and oxygen atoms in total. The van der Waals surface area contributed by atoms with Gasteiger partial charge in [0, 0.05) is 6.54 Å². The number of anilines is 1. The second kappa shape index (κ2) is 7.09. The van der Waals surface area contributed by atoms with Crippen LogP contribution in [0.3, 0.4) is 0 Å². The van der Waals surface area contributed by atoms with E-state index in [0.717, 1.165) is 23.4 Å². The molecule has 1 amide bonds. The van der Waals surface area contributed by atoms with Crippen molar-refractivity contribution in [2.45, 2.75) is 23.8 Å². The summed E-state index contributed by atoms with van der Waals surface area (Å²) in [6.45, 7) is 2.65. The molecular weight excluding hydrogens is 370 g/mol. The Balaban J connectivity index is 1.56. The fourth-order valence-electron chi connectivity index (χ4n) is 2.97. The number of amides is 1. The normalized spacial score (nSPS) is 17.1. The predicted molar refractivity (Wildman–Crippen MR) is 102 cm³/mol. The lowest BCUT2D eigenvalue weighted by atomic mass is 10.2. The van der Waals surface area contributed by atoms with Crippen LogP contribution >= 0.6 is 23.4 Å². The van der Waals surface area contributed by atoms with Gasteiger partial charge in [0.2, 0.25) is 11.1 Å². The van der Waals surface area contributed by atoms with Gasteiger partial charge in [-0.2, -0.15) is 4.68 Å². The summed E-state index contributed by atoms with van der Waals surface area (Å²) in [7, 11) is 0. The first-order valence-corrected chi connectivity index (χ1v) is 9.47. The van der Waals surface area contributed by atoms with Gasteiger partial charge in [-0.15, -0.1) is 5.10 Å². The molecule has 0 spiro atoms. The number of nitrogens with zero attached hydrogens (tertiary/aromatic N) is 5. The molecule has 1 unspecified atom stereocenters. The zero-order chi connectivity index (χ0) is 18.1. The topological polar surface area (TPSA) is 63.9 Å². The fourth-order valence-corrected chi connectivity index (χ4v) is 4.24. The number of carbonyl (C=O) groups is 1. The number of para-hydroxylation sites is 1. The molecule has 132 valence electrons. The molecule has 2 aromatic carbocycles. The van der Waals surface area contributed by atoms with Crippen LogP contribution in [0.25, 0.3) is 5.69 Å². The molecule has 1 fully saturated rings. The highest BCUT2D eigenvalue weighted by Gasteiger charge is 2.35. The minimum Gasteiger partial charge on any atom is -0.310 e. The number of hydrogen-bond acceptors (Lipinski definition) is 5. The zero-order valence-electron chi connectivity index (χ0n) is 14.0. The minimum atomic E-state index is -0.235. The Morgan fingerprint density at radius 2 is 2.04 bits per heavy atom. The molecule has 0 saturated carbocycles. The van der Waals surface area contributed by atoms with Crippen molar-refractivity contribution in [3.8, 4) is 5.69 Å². The summed E-state index contributed by atoms with van der Waals surface area (Å²) in [5, 5.41) is 12.9. The van der Waals surface area contributed by atoms with E-state index in [1.807, 2.05) is 49.4 Å². The highest BCUT2D eigenvalue weighted by molar-refractivity contribution is 8.00. The minimum absolute atomic E-state index is 0.0295. The van der Waals surface area contributed by atoms with Gasteiger partial charge in [-0.25, -0.2) is 0 Å². The standard InChI is InChI=1S/C18H16ClN5OS/c1-12-5-4-6-13(11-12)24-18(20-21-22-24)26-16-9-10-23(17(16)25)15-8-3-2-7-14(15)19/h2-8,11,16H,9-10H2,1H3. The van der Waals surface area contributed by atoms with Crippen LogP contribution in [0.15, 0.2) is 53.7 Å². The first kappa shape index (κ1) is 17.1. The quantitative estimate of drug-likeness (QED) is 0.687. The lowest BCUT2D eigenvalue weighted by molar-refractivity contribution is -0.116. The highest BCUT2D eigenvalue weighted by Crippen LogP contribution is 2.35. The lowest BCUT2D eigenvalue weighted by Crippen LogP contribution is -2.28. The van der Waals surface area contributed by atoms with Crippen molar-refractivity contribution >= 4 is 35.0 Å². The molecule has 2 heterocycles. The van der Waals surface area contributed by atoms with Gasteiger partial charge in [0.05, 0.1) is 21.6 Å². The van der Waals surface area contributed by atoms with Gasteiger partial charge in [-0.3, -0.25) is 4.79 Å². The first-order chi connectivity index (χ1) is 12.6. The van der Waals surface area contributed by atoms with Gasteiger partial charge in [0.25, 0.3) is 0 Å². The van der Waals surface area contributed by atoms with E-state index < -0.39 is 0 Å². The van der Waals surface area contributed by atoms with Crippen molar-refractivity contribution in [1.82, 2.24) is 20.2 Å². The Bertz CT molecular complexity index is 960. The second-order valence-corrected chi connectivity index (χ2v) is 7.63. The van der Waals surface area contributed by atoms with Crippen LogP contribution in [0.2, 0.25) is 5.02 Å². The maximum absolute atomic E-state index is 12.9. The number of thioether (sulfide) groups is 1. The average Bonchev–Trinajstić information content (AvgIpc) is 3.24.